The fraction of sp³-hybridized carbons (Fsp3) is 0.379. The van der Waals surface area contributed by atoms with Crippen LogP contribution >= 0.6 is 0 Å². The van der Waals surface area contributed by atoms with Gasteiger partial charge in [-0.3, -0.25) is 9.69 Å². The predicted molar refractivity (Wildman–Crippen MR) is 143 cm³/mol. The smallest absolute Gasteiger partial charge is 0.251 e. The van der Waals surface area contributed by atoms with Gasteiger partial charge in [0.2, 0.25) is 5.95 Å². The lowest BCUT2D eigenvalue weighted by atomic mass is 9.93. The summed E-state index contributed by atoms with van der Waals surface area (Å²) < 4.78 is 36.0. The number of hydrogen-bond acceptors (Lipinski definition) is 6. The maximum absolute atomic E-state index is 15.3. The van der Waals surface area contributed by atoms with Crippen LogP contribution in [0.1, 0.15) is 34.3 Å². The highest BCUT2D eigenvalue weighted by atomic mass is 19.1. The third-order valence-corrected chi connectivity index (χ3v) is 7.75. The van der Waals surface area contributed by atoms with Crippen LogP contribution in [-0.4, -0.2) is 61.7 Å². The van der Waals surface area contributed by atoms with Gasteiger partial charge in [0.05, 0.1) is 13.2 Å². The Kier molecular flexibility index (Phi) is 6.71. The number of nitrogens with zero attached hydrogens (tertiary/aromatic N) is 3. The number of morpholine rings is 1. The number of rotatable bonds is 5. The summed E-state index contributed by atoms with van der Waals surface area (Å²) in [5.41, 5.74) is 10.9. The summed E-state index contributed by atoms with van der Waals surface area (Å²) in [5, 5.41) is 2.73. The molecule has 9 heteroatoms. The van der Waals surface area contributed by atoms with Gasteiger partial charge in [0, 0.05) is 54.1 Å². The van der Waals surface area contributed by atoms with Gasteiger partial charge in [-0.25, -0.2) is 9.37 Å². The highest BCUT2D eigenvalue weighted by Crippen LogP contribution is 2.37. The van der Waals surface area contributed by atoms with Crippen LogP contribution in [0.15, 0.2) is 36.4 Å². The molecule has 6 rings (SSSR count). The molecule has 3 aliphatic heterocycles. The van der Waals surface area contributed by atoms with Crippen LogP contribution in [0.2, 0.25) is 0 Å². The molecule has 0 aliphatic carbocycles. The molecule has 3 N–H and O–H groups in total. The van der Waals surface area contributed by atoms with Crippen LogP contribution in [0.4, 0.5) is 20.3 Å². The number of nitrogen functional groups attached to an aromatic ring is 1. The van der Waals surface area contributed by atoms with E-state index in [0.717, 1.165) is 49.5 Å². The number of fused-ring (bicyclic) bond motifs is 1. The van der Waals surface area contributed by atoms with E-state index in [2.05, 4.69) is 20.1 Å². The number of nitrogens with two attached hydrogens (primary N) is 1. The lowest BCUT2D eigenvalue weighted by Gasteiger charge is -2.32. The van der Waals surface area contributed by atoms with E-state index >= 15 is 8.78 Å². The molecular formula is C29H31F2N5O2. The topological polar surface area (TPSA) is 83.7 Å². The van der Waals surface area contributed by atoms with Gasteiger partial charge in [0.1, 0.15) is 11.6 Å². The SMILES string of the molecule is Nc1nc(F)c(-c2ccc(N3CCOCC3)c(CN3CCCC3)c2)cc1-c1cc2c(cc1F)C(=O)NCC2. The van der Waals surface area contributed by atoms with E-state index in [1.165, 1.54) is 18.9 Å². The van der Waals surface area contributed by atoms with Crippen molar-refractivity contribution in [3.8, 4) is 22.3 Å². The molecule has 0 spiro atoms. The molecule has 1 aromatic heterocycles. The van der Waals surface area contributed by atoms with E-state index in [4.69, 9.17) is 10.5 Å². The van der Waals surface area contributed by atoms with Crippen LogP contribution in [0.25, 0.3) is 22.3 Å². The van der Waals surface area contributed by atoms with Crippen LogP contribution in [0.5, 0.6) is 0 Å². The van der Waals surface area contributed by atoms with Gasteiger partial charge in [0.15, 0.2) is 0 Å². The van der Waals surface area contributed by atoms with Crippen molar-refractivity contribution in [2.24, 2.45) is 0 Å². The number of aromatic nitrogens is 1. The summed E-state index contributed by atoms with van der Waals surface area (Å²) in [6.07, 6.45) is 2.94. The first-order valence-corrected chi connectivity index (χ1v) is 13.2. The number of pyridine rings is 1. The minimum Gasteiger partial charge on any atom is -0.383 e. The Labute approximate surface area is 220 Å². The minimum absolute atomic E-state index is 0.0902. The highest BCUT2D eigenvalue weighted by molar-refractivity contribution is 5.97. The zero-order valence-electron chi connectivity index (χ0n) is 21.2. The Morgan fingerprint density at radius 1 is 0.947 bits per heavy atom. The van der Waals surface area contributed by atoms with E-state index in [1.54, 1.807) is 12.1 Å². The van der Waals surface area contributed by atoms with Crippen molar-refractivity contribution < 1.29 is 18.3 Å². The van der Waals surface area contributed by atoms with Crippen molar-refractivity contribution in [2.45, 2.75) is 25.8 Å². The highest BCUT2D eigenvalue weighted by Gasteiger charge is 2.24. The van der Waals surface area contributed by atoms with Gasteiger partial charge < -0.3 is 20.7 Å². The Bertz CT molecular complexity index is 1380. The zero-order chi connectivity index (χ0) is 26.2. The van der Waals surface area contributed by atoms with Gasteiger partial charge in [-0.15, -0.1) is 0 Å². The number of halogens is 2. The summed E-state index contributed by atoms with van der Waals surface area (Å²) in [5.74, 6) is -1.68. The summed E-state index contributed by atoms with van der Waals surface area (Å²) in [6, 6.07) is 10.4. The molecule has 3 aromatic rings. The summed E-state index contributed by atoms with van der Waals surface area (Å²) in [4.78, 5) is 20.9. The number of ether oxygens (including phenoxy) is 1. The second-order valence-corrected chi connectivity index (χ2v) is 10.2. The first-order valence-electron chi connectivity index (χ1n) is 13.2. The number of likely N-dealkylation sites (tertiary alicyclic amines) is 1. The zero-order valence-corrected chi connectivity index (χ0v) is 21.2. The summed E-state index contributed by atoms with van der Waals surface area (Å²) in [7, 11) is 0. The van der Waals surface area contributed by atoms with Crippen LogP contribution in [0, 0.1) is 11.8 Å². The van der Waals surface area contributed by atoms with E-state index in [0.29, 0.717) is 42.9 Å². The third-order valence-electron chi connectivity index (χ3n) is 7.75. The molecule has 3 aliphatic rings. The normalized spacial score (nSPS) is 17.9. The number of nitrogens with one attached hydrogen (secondary N) is 1. The van der Waals surface area contributed by atoms with E-state index in [-0.39, 0.29) is 22.9 Å². The molecule has 38 heavy (non-hydrogen) atoms. The van der Waals surface area contributed by atoms with Crippen LogP contribution < -0.4 is 16.0 Å². The largest absolute Gasteiger partial charge is 0.383 e. The lowest BCUT2D eigenvalue weighted by molar-refractivity contribution is 0.0945. The number of benzene rings is 2. The van der Waals surface area contributed by atoms with Crippen LogP contribution in [-0.2, 0) is 17.7 Å². The fourth-order valence-corrected chi connectivity index (χ4v) is 5.74. The summed E-state index contributed by atoms with van der Waals surface area (Å²) >= 11 is 0. The number of anilines is 2. The van der Waals surface area contributed by atoms with Crippen molar-refractivity contribution in [1.29, 1.82) is 0 Å². The van der Waals surface area contributed by atoms with Gasteiger partial charge in [0.25, 0.3) is 5.91 Å². The molecule has 2 saturated heterocycles. The molecular weight excluding hydrogens is 488 g/mol. The standard InChI is InChI=1S/C29H31F2N5O2/c30-25-16-22-19(5-6-33-29(22)37)14-23(25)24-15-21(27(31)34-28(24)32)18-3-4-26(36-9-11-38-12-10-36)20(13-18)17-35-7-1-2-8-35/h3-4,13-16H,1-2,5-12,17H2,(H2,32,34)(H,33,37). The fourth-order valence-electron chi connectivity index (χ4n) is 5.74. The molecule has 4 heterocycles. The first kappa shape index (κ1) is 24.8. The number of amides is 1. The minimum atomic E-state index is -0.699. The quantitative estimate of drug-likeness (QED) is 0.496. The molecule has 7 nitrogen and oxygen atoms in total. The van der Waals surface area contributed by atoms with Crippen molar-refractivity contribution in [3.63, 3.8) is 0 Å². The van der Waals surface area contributed by atoms with Gasteiger partial charge in [-0.05, 0) is 79.4 Å². The van der Waals surface area contributed by atoms with Crippen molar-refractivity contribution in [3.05, 3.63) is 64.9 Å². The van der Waals surface area contributed by atoms with E-state index in [9.17, 15) is 4.79 Å². The van der Waals surface area contributed by atoms with Crippen molar-refractivity contribution in [2.75, 3.05) is 56.6 Å². The average Bonchev–Trinajstić information content (AvgIpc) is 3.43. The Balaban J connectivity index is 1.42. The van der Waals surface area contributed by atoms with E-state index in [1.807, 2.05) is 18.2 Å². The van der Waals surface area contributed by atoms with Crippen molar-refractivity contribution in [1.82, 2.24) is 15.2 Å². The molecule has 2 aromatic carbocycles. The number of carbonyl (C=O) groups excluding carboxylic acids is 1. The molecule has 198 valence electrons. The van der Waals surface area contributed by atoms with Gasteiger partial charge in [-0.1, -0.05) is 6.07 Å². The monoisotopic (exact) mass is 519 g/mol. The second kappa shape index (κ2) is 10.3. The Hall–Kier alpha value is -3.56. The lowest BCUT2D eigenvalue weighted by Crippen LogP contribution is -2.37. The maximum Gasteiger partial charge on any atom is 0.251 e. The average molecular weight is 520 g/mol. The third kappa shape index (κ3) is 4.72. The molecule has 0 bridgehead atoms. The first-order chi connectivity index (χ1) is 18.5. The van der Waals surface area contributed by atoms with E-state index < -0.39 is 11.8 Å². The number of hydrogen-bond donors (Lipinski definition) is 2. The summed E-state index contributed by atoms with van der Waals surface area (Å²) in [6.45, 7) is 6.33. The Morgan fingerprint density at radius 2 is 1.74 bits per heavy atom. The molecule has 0 atom stereocenters. The number of carbonyl (C=O) groups is 1. The molecule has 0 saturated carbocycles. The Morgan fingerprint density at radius 3 is 2.53 bits per heavy atom. The molecule has 0 radical (unpaired) electrons. The molecule has 1 amide bonds. The van der Waals surface area contributed by atoms with Crippen LogP contribution in [0.3, 0.4) is 0 Å². The van der Waals surface area contributed by atoms with Gasteiger partial charge in [-0.2, -0.15) is 4.39 Å². The van der Waals surface area contributed by atoms with Gasteiger partial charge >= 0.3 is 0 Å². The second-order valence-electron chi connectivity index (χ2n) is 10.2. The predicted octanol–water partition coefficient (Wildman–Crippen LogP) is 3.99. The van der Waals surface area contributed by atoms with Crippen molar-refractivity contribution >= 4 is 17.4 Å². The maximum atomic E-state index is 15.3. The molecule has 2 fully saturated rings. The molecule has 0 unspecified atom stereocenters.